The Hall–Kier alpha value is -2.22. The number of hydrogen-bond acceptors (Lipinski definition) is 4. The van der Waals surface area contributed by atoms with E-state index in [1.54, 1.807) is 7.11 Å². The molecule has 1 aliphatic rings. The standard InChI is InChI=1S/C21H30N2O3/c1-15(2)13-26-18-9-8-17(12-19(18)25-4)16(3)23-20(24)21(14-22)10-6-5-7-11-21/h8-9,12,15-16H,5-7,10-11,13H2,1-4H3,(H,23,24). The Morgan fingerprint density at radius 1 is 1.23 bits per heavy atom. The van der Waals surface area contributed by atoms with E-state index in [9.17, 15) is 10.1 Å². The van der Waals surface area contributed by atoms with Crippen LogP contribution in [0, 0.1) is 22.7 Å². The lowest BCUT2D eigenvalue weighted by molar-refractivity contribution is -0.130. The van der Waals surface area contributed by atoms with Crippen LogP contribution in [0.15, 0.2) is 18.2 Å². The van der Waals surface area contributed by atoms with Crippen LogP contribution in [0.5, 0.6) is 11.5 Å². The van der Waals surface area contributed by atoms with Crippen molar-refractivity contribution in [3.8, 4) is 17.6 Å². The van der Waals surface area contributed by atoms with Crippen molar-refractivity contribution in [1.29, 1.82) is 5.26 Å². The molecule has 1 fully saturated rings. The summed E-state index contributed by atoms with van der Waals surface area (Å²) in [5.74, 6) is 1.61. The molecule has 0 aliphatic heterocycles. The zero-order valence-electron chi connectivity index (χ0n) is 16.3. The summed E-state index contributed by atoms with van der Waals surface area (Å²) in [5, 5.41) is 12.6. The summed E-state index contributed by atoms with van der Waals surface area (Å²) < 4.78 is 11.2. The van der Waals surface area contributed by atoms with E-state index in [0.29, 0.717) is 36.9 Å². The lowest BCUT2D eigenvalue weighted by Crippen LogP contribution is -2.42. The van der Waals surface area contributed by atoms with Gasteiger partial charge in [-0.1, -0.05) is 39.2 Å². The van der Waals surface area contributed by atoms with Crippen LogP contribution in [-0.4, -0.2) is 19.6 Å². The van der Waals surface area contributed by atoms with Gasteiger partial charge >= 0.3 is 0 Å². The molecule has 1 atom stereocenters. The maximum Gasteiger partial charge on any atom is 0.240 e. The zero-order chi connectivity index (χ0) is 19.2. The van der Waals surface area contributed by atoms with Gasteiger partial charge in [-0.05, 0) is 43.4 Å². The number of carbonyl (C=O) groups is 1. The lowest BCUT2D eigenvalue weighted by Gasteiger charge is -2.30. The number of carbonyl (C=O) groups excluding carboxylic acids is 1. The Bertz CT molecular complexity index is 658. The SMILES string of the molecule is COc1cc(C(C)NC(=O)C2(C#N)CCCCC2)ccc1OCC(C)C. The fourth-order valence-corrected chi connectivity index (χ4v) is 3.29. The van der Waals surface area contributed by atoms with Crippen LogP contribution in [-0.2, 0) is 4.79 Å². The monoisotopic (exact) mass is 358 g/mol. The topological polar surface area (TPSA) is 71.3 Å². The van der Waals surface area contributed by atoms with Gasteiger partial charge in [0.2, 0.25) is 5.91 Å². The van der Waals surface area contributed by atoms with Gasteiger partial charge in [-0.3, -0.25) is 4.79 Å². The average molecular weight is 358 g/mol. The minimum absolute atomic E-state index is 0.161. The Labute approximate surface area is 156 Å². The molecule has 1 saturated carbocycles. The van der Waals surface area contributed by atoms with Gasteiger partial charge in [0.15, 0.2) is 11.5 Å². The van der Waals surface area contributed by atoms with Crippen molar-refractivity contribution in [3.05, 3.63) is 23.8 Å². The van der Waals surface area contributed by atoms with Crippen molar-refractivity contribution in [2.24, 2.45) is 11.3 Å². The summed E-state index contributed by atoms with van der Waals surface area (Å²) in [5.41, 5.74) is 0.0488. The quantitative estimate of drug-likeness (QED) is 0.785. The first-order valence-corrected chi connectivity index (χ1v) is 9.45. The number of nitriles is 1. The second-order valence-electron chi connectivity index (χ2n) is 7.56. The molecule has 1 amide bonds. The summed E-state index contributed by atoms with van der Waals surface area (Å²) >= 11 is 0. The molecule has 0 radical (unpaired) electrons. The second-order valence-corrected chi connectivity index (χ2v) is 7.56. The Kier molecular flexibility index (Phi) is 6.90. The van der Waals surface area contributed by atoms with Crippen LogP contribution in [0.25, 0.3) is 0 Å². The molecule has 0 saturated heterocycles. The summed E-state index contributed by atoms with van der Waals surface area (Å²) in [6.45, 7) is 6.73. The number of nitrogens with zero attached hydrogens (tertiary/aromatic N) is 1. The summed E-state index contributed by atoms with van der Waals surface area (Å²) in [6.07, 6.45) is 4.26. The van der Waals surface area contributed by atoms with E-state index < -0.39 is 5.41 Å². The maximum atomic E-state index is 12.7. The van der Waals surface area contributed by atoms with Crippen molar-refractivity contribution in [1.82, 2.24) is 5.32 Å². The number of benzene rings is 1. The predicted molar refractivity (Wildman–Crippen MR) is 101 cm³/mol. The van der Waals surface area contributed by atoms with E-state index in [0.717, 1.165) is 24.8 Å². The average Bonchev–Trinajstić information content (AvgIpc) is 2.66. The first kappa shape index (κ1) is 20.1. The van der Waals surface area contributed by atoms with E-state index in [1.807, 2.05) is 25.1 Å². The summed E-state index contributed by atoms with van der Waals surface area (Å²) in [7, 11) is 1.61. The number of amides is 1. The fourth-order valence-electron chi connectivity index (χ4n) is 3.29. The predicted octanol–water partition coefficient (Wildman–Crippen LogP) is 4.38. The third kappa shape index (κ3) is 4.69. The molecular formula is C21H30N2O3. The highest BCUT2D eigenvalue weighted by Gasteiger charge is 2.40. The van der Waals surface area contributed by atoms with Gasteiger partial charge in [0.05, 0.1) is 25.8 Å². The van der Waals surface area contributed by atoms with Gasteiger partial charge < -0.3 is 14.8 Å². The van der Waals surface area contributed by atoms with Crippen LogP contribution in [0.3, 0.4) is 0 Å². The number of rotatable bonds is 7. The minimum Gasteiger partial charge on any atom is -0.493 e. The zero-order valence-corrected chi connectivity index (χ0v) is 16.3. The molecular weight excluding hydrogens is 328 g/mol. The number of nitrogens with one attached hydrogen (secondary N) is 1. The molecule has 1 aromatic carbocycles. The van der Waals surface area contributed by atoms with E-state index in [2.05, 4.69) is 25.2 Å². The van der Waals surface area contributed by atoms with Gasteiger partial charge in [-0.15, -0.1) is 0 Å². The van der Waals surface area contributed by atoms with E-state index >= 15 is 0 Å². The van der Waals surface area contributed by atoms with Gasteiger partial charge in [0.1, 0.15) is 5.41 Å². The number of ether oxygens (including phenoxy) is 2. The molecule has 0 heterocycles. The Morgan fingerprint density at radius 2 is 1.92 bits per heavy atom. The molecule has 2 rings (SSSR count). The lowest BCUT2D eigenvalue weighted by atomic mass is 9.74. The van der Waals surface area contributed by atoms with Gasteiger partial charge in [0.25, 0.3) is 0 Å². The van der Waals surface area contributed by atoms with Gasteiger partial charge in [-0.2, -0.15) is 5.26 Å². The van der Waals surface area contributed by atoms with Crippen LogP contribution in [0.2, 0.25) is 0 Å². The maximum absolute atomic E-state index is 12.7. The van der Waals surface area contributed by atoms with Crippen molar-refractivity contribution in [3.63, 3.8) is 0 Å². The molecule has 1 aromatic rings. The fraction of sp³-hybridized carbons (Fsp3) is 0.619. The van der Waals surface area contributed by atoms with Crippen LogP contribution in [0.1, 0.15) is 64.5 Å². The minimum atomic E-state index is -0.878. The first-order valence-electron chi connectivity index (χ1n) is 9.45. The number of methoxy groups -OCH3 is 1. The van der Waals surface area contributed by atoms with Crippen molar-refractivity contribution in [2.45, 2.75) is 58.9 Å². The molecule has 1 N–H and O–H groups in total. The summed E-state index contributed by atoms with van der Waals surface area (Å²) in [4.78, 5) is 12.7. The molecule has 1 unspecified atom stereocenters. The molecule has 0 bridgehead atoms. The highest BCUT2D eigenvalue weighted by molar-refractivity contribution is 5.85. The molecule has 26 heavy (non-hydrogen) atoms. The first-order chi connectivity index (χ1) is 12.4. The van der Waals surface area contributed by atoms with Crippen LogP contribution < -0.4 is 14.8 Å². The van der Waals surface area contributed by atoms with Gasteiger partial charge in [0, 0.05) is 0 Å². The molecule has 0 aromatic heterocycles. The molecule has 142 valence electrons. The normalized spacial score (nSPS) is 17.2. The summed E-state index contributed by atoms with van der Waals surface area (Å²) in [6, 6.07) is 7.77. The van der Waals surface area contributed by atoms with E-state index in [1.165, 1.54) is 0 Å². The largest absolute Gasteiger partial charge is 0.493 e. The third-order valence-corrected chi connectivity index (χ3v) is 4.96. The Balaban J connectivity index is 2.10. The third-order valence-electron chi connectivity index (χ3n) is 4.96. The van der Waals surface area contributed by atoms with Crippen LogP contribution >= 0.6 is 0 Å². The smallest absolute Gasteiger partial charge is 0.240 e. The van der Waals surface area contributed by atoms with Crippen molar-refractivity contribution >= 4 is 5.91 Å². The highest BCUT2D eigenvalue weighted by Crippen LogP contribution is 2.37. The highest BCUT2D eigenvalue weighted by atomic mass is 16.5. The second kappa shape index (κ2) is 8.93. The van der Waals surface area contributed by atoms with E-state index in [4.69, 9.17) is 9.47 Å². The van der Waals surface area contributed by atoms with Crippen molar-refractivity contribution < 1.29 is 14.3 Å². The molecule has 5 nitrogen and oxygen atoms in total. The van der Waals surface area contributed by atoms with Crippen LogP contribution in [0.4, 0.5) is 0 Å². The molecule has 5 heteroatoms. The molecule has 1 aliphatic carbocycles. The van der Waals surface area contributed by atoms with E-state index in [-0.39, 0.29) is 11.9 Å². The van der Waals surface area contributed by atoms with Gasteiger partial charge in [-0.25, -0.2) is 0 Å². The number of hydrogen-bond donors (Lipinski definition) is 1. The Morgan fingerprint density at radius 3 is 2.50 bits per heavy atom. The van der Waals surface area contributed by atoms with Crippen molar-refractivity contribution in [2.75, 3.05) is 13.7 Å². The molecule has 0 spiro atoms.